The second-order valence-corrected chi connectivity index (χ2v) is 15.1. The molecule has 0 spiro atoms. The summed E-state index contributed by atoms with van der Waals surface area (Å²) in [5.41, 5.74) is 1.70. The molecule has 0 bridgehead atoms. The first-order valence-corrected chi connectivity index (χ1v) is 20.1. The van der Waals surface area contributed by atoms with Gasteiger partial charge in [-0.3, -0.25) is 10.1 Å². The van der Waals surface area contributed by atoms with E-state index in [9.17, 15) is 0 Å². The third kappa shape index (κ3) is 12.7. The zero-order valence-corrected chi connectivity index (χ0v) is 34.4. The van der Waals surface area contributed by atoms with Crippen molar-refractivity contribution in [1.82, 2.24) is 20.2 Å². The maximum absolute atomic E-state index is 5.68. The van der Waals surface area contributed by atoms with Crippen LogP contribution < -0.4 is 30.1 Å². The van der Waals surface area contributed by atoms with Gasteiger partial charge in [-0.1, -0.05) is 109 Å². The molecule has 0 N–H and O–H groups in total. The van der Waals surface area contributed by atoms with Crippen LogP contribution in [0.25, 0.3) is 22.9 Å². The topological polar surface area (TPSA) is 71.2 Å². The predicted octanol–water partition coefficient (Wildman–Crippen LogP) is 9.41. The van der Waals surface area contributed by atoms with Crippen LogP contribution in [0.3, 0.4) is 0 Å². The first-order chi connectivity index (χ1) is 25.7. The molecule has 270 valence electrons. The van der Waals surface area contributed by atoms with E-state index in [1.54, 1.807) is 6.20 Å². The molecule has 0 aliphatic heterocycles. The first kappa shape index (κ1) is 41.5. The molecule has 1 unspecified atom stereocenters. The number of hydrogen-bond acceptors (Lipinski definition) is 5. The van der Waals surface area contributed by atoms with Crippen molar-refractivity contribution in [3.05, 3.63) is 214 Å². The third-order valence-electron chi connectivity index (χ3n) is 7.50. The normalized spacial score (nSPS) is 10.5. The van der Waals surface area contributed by atoms with E-state index in [0.29, 0.717) is 11.6 Å². The molecule has 0 saturated carbocycles. The van der Waals surface area contributed by atoms with E-state index in [4.69, 9.17) is 9.05 Å². The summed E-state index contributed by atoms with van der Waals surface area (Å²) >= 11 is 0. The summed E-state index contributed by atoms with van der Waals surface area (Å²) in [6.07, 6.45) is 1.72. The molecule has 54 heavy (non-hydrogen) atoms. The average molecular weight is 924 g/mol. The first-order valence-electron chi connectivity index (χ1n) is 16.8. The summed E-state index contributed by atoms with van der Waals surface area (Å²) in [4.78, 5) is 8.56. The van der Waals surface area contributed by atoms with Gasteiger partial charge >= 0.3 is 28.5 Å². The molecule has 2 heterocycles. The fourth-order valence-electron chi connectivity index (χ4n) is 5.14. The van der Waals surface area contributed by atoms with E-state index in [2.05, 4.69) is 117 Å². The van der Waals surface area contributed by atoms with Crippen LogP contribution in [0.4, 0.5) is 0 Å². The van der Waals surface area contributed by atoms with E-state index < -0.39 is 16.3 Å². The van der Waals surface area contributed by atoms with Gasteiger partial charge in [-0.15, -0.1) is 12.1 Å². The monoisotopic (exact) mass is 924 g/mol. The van der Waals surface area contributed by atoms with E-state index in [1.165, 1.54) is 15.9 Å². The predicted molar refractivity (Wildman–Crippen MR) is 224 cm³/mol. The number of pyridine rings is 1. The minimum Gasteiger partial charge on any atom is -0.417 e. The molecule has 0 saturated heterocycles. The Labute approximate surface area is 334 Å². The summed E-state index contributed by atoms with van der Waals surface area (Å²) in [6.45, 7) is 1.96. The zero-order valence-electron chi connectivity index (χ0n) is 30.0. The maximum atomic E-state index is 5.68. The van der Waals surface area contributed by atoms with Gasteiger partial charge in [0.1, 0.15) is 22.6 Å². The molecular formula is C45H41IrN4O2P2+2. The largest absolute Gasteiger partial charge is 3.00 e. The van der Waals surface area contributed by atoms with Crippen LogP contribution in [0, 0.1) is 13.5 Å². The Bertz CT molecular complexity index is 1960. The van der Waals surface area contributed by atoms with Crippen molar-refractivity contribution in [2.45, 2.75) is 0 Å². The Morgan fingerprint density at radius 1 is 0.556 bits per heavy atom. The summed E-state index contributed by atoms with van der Waals surface area (Å²) < 4.78 is 11.3. The van der Waals surface area contributed by atoms with Crippen LogP contribution >= 0.6 is 16.3 Å². The van der Waals surface area contributed by atoms with Gasteiger partial charge in [0.05, 0.1) is 25.2 Å². The number of para-hydroxylation sites is 2. The Morgan fingerprint density at radius 2 is 1.06 bits per heavy atom. The smallest absolute Gasteiger partial charge is 0.417 e. The summed E-state index contributed by atoms with van der Waals surface area (Å²) in [7, 11) is -2.20. The van der Waals surface area contributed by atoms with Crippen molar-refractivity contribution < 1.29 is 29.2 Å². The number of aromatic nitrogens is 4. The quantitative estimate of drug-likeness (QED) is 0.106. The zero-order chi connectivity index (χ0) is 35.6. The molecule has 0 aliphatic rings. The van der Waals surface area contributed by atoms with Crippen LogP contribution in [0.2, 0.25) is 0 Å². The molecule has 8 aromatic rings. The maximum Gasteiger partial charge on any atom is 3.00 e. The summed E-state index contributed by atoms with van der Waals surface area (Å²) in [5.74, 6) is 2.76. The Balaban J connectivity index is 0.000000178. The molecule has 0 fully saturated rings. The Kier molecular flexibility index (Phi) is 17.4. The Morgan fingerprint density at radius 3 is 1.56 bits per heavy atom. The minimum absolute atomic E-state index is 0. The van der Waals surface area contributed by atoms with Crippen LogP contribution in [0.15, 0.2) is 200 Å². The number of hydrogen-bond donors (Lipinski definition) is 0. The second-order valence-electron chi connectivity index (χ2n) is 11.2. The SMILES string of the molecule is C[PH+](Oc1[c-]cccc1)Oc1ccccc1.[CH3-].[Ir+3].c1ccc(-c2n[n-]c(-c3ccccn3)n2)cc1.c1ccc([PH+](c2ccccc2)c2ccccc2)cc1. The van der Waals surface area contributed by atoms with Crippen LogP contribution in [0.5, 0.6) is 11.5 Å². The number of rotatable bonds is 9. The molecule has 2 aromatic heterocycles. The van der Waals surface area contributed by atoms with E-state index >= 15 is 0 Å². The van der Waals surface area contributed by atoms with Crippen LogP contribution in [-0.2, 0) is 20.1 Å². The van der Waals surface area contributed by atoms with E-state index in [0.717, 1.165) is 22.8 Å². The average Bonchev–Trinajstić information content (AvgIpc) is 3.72. The van der Waals surface area contributed by atoms with Crippen molar-refractivity contribution in [3.63, 3.8) is 0 Å². The second kappa shape index (κ2) is 22.7. The minimum atomic E-state index is -1.33. The van der Waals surface area contributed by atoms with Gasteiger partial charge in [0, 0.05) is 6.20 Å². The van der Waals surface area contributed by atoms with E-state index in [1.807, 2.05) is 110 Å². The molecule has 1 atom stereocenters. The van der Waals surface area contributed by atoms with Crippen LogP contribution in [-0.4, -0.2) is 21.7 Å². The standard InChI is InChI=1S/C18H15P.C13H9N4.C13H12O2P.CH3.Ir/c1-4-10-16(11-5-1)19(17-12-6-2-7-13-17)18-14-8-3-9-15-18;1-2-6-10(7-3-1)12-15-13(17-16-12)11-8-4-5-9-14-11;1-16(14-12-8-4-2-5-9-12)15-13-10-6-3-7-11-13;;/h1-15H;1-9H;2-10H,1H3;1H3;/q;3*-1;+3/p+2. The van der Waals surface area contributed by atoms with Gasteiger partial charge in [-0.2, -0.15) is 18.2 Å². The van der Waals surface area contributed by atoms with Gasteiger partial charge in [0.2, 0.25) is 0 Å². The van der Waals surface area contributed by atoms with Crippen molar-refractivity contribution in [1.29, 1.82) is 0 Å². The molecule has 8 rings (SSSR count). The molecule has 0 aliphatic carbocycles. The molecule has 0 radical (unpaired) electrons. The molecule has 6 aromatic carbocycles. The fourth-order valence-corrected chi connectivity index (χ4v) is 8.66. The van der Waals surface area contributed by atoms with Gasteiger partial charge in [0.25, 0.3) is 0 Å². The molecule has 9 heteroatoms. The van der Waals surface area contributed by atoms with Crippen molar-refractivity contribution in [2.24, 2.45) is 0 Å². The van der Waals surface area contributed by atoms with Gasteiger partial charge in [0.15, 0.2) is 5.75 Å². The molecule has 0 amide bonds. The van der Waals surface area contributed by atoms with Crippen LogP contribution in [0.1, 0.15) is 0 Å². The summed E-state index contributed by atoms with van der Waals surface area (Å²) in [5, 5.41) is 12.4. The number of benzene rings is 6. The molecular weight excluding hydrogens is 883 g/mol. The van der Waals surface area contributed by atoms with E-state index in [-0.39, 0.29) is 27.5 Å². The van der Waals surface area contributed by atoms with Gasteiger partial charge < -0.3 is 26.6 Å². The Hall–Kier alpha value is -5.28. The van der Waals surface area contributed by atoms with Gasteiger partial charge in [-0.05, 0) is 72.1 Å². The number of nitrogens with zero attached hydrogens (tertiary/aromatic N) is 4. The third-order valence-corrected chi connectivity index (χ3v) is 11.3. The molecule has 6 nitrogen and oxygen atoms in total. The fraction of sp³-hybridized carbons (Fsp3) is 0.0222. The van der Waals surface area contributed by atoms with Crippen molar-refractivity contribution >= 4 is 32.2 Å². The van der Waals surface area contributed by atoms with Crippen molar-refractivity contribution in [3.8, 4) is 34.4 Å². The summed E-state index contributed by atoms with van der Waals surface area (Å²) in [6, 6.07) is 68.1. The van der Waals surface area contributed by atoms with Crippen molar-refractivity contribution in [2.75, 3.05) is 6.66 Å². The van der Waals surface area contributed by atoms with Gasteiger partial charge in [-0.25, -0.2) is 0 Å².